The number of ether oxygens (including phenoxy) is 6. The fourth-order valence-corrected chi connectivity index (χ4v) is 5.86. The predicted octanol–water partition coefficient (Wildman–Crippen LogP) is 5.49. The lowest BCUT2D eigenvalue weighted by Crippen LogP contribution is -2.35. The van der Waals surface area contributed by atoms with Crippen molar-refractivity contribution in [1.29, 1.82) is 0 Å². The van der Waals surface area contributed by atoms with Gasteiger partial charge >= 0.3 is 0 Å². The number of nitrogens with zero attached hydrogens (tertiary/aromatic N) is 4. The van der Waals surface area contributed by atoms with E-state index in [1.54, 1.807) is 12.4 Å². The molecule has 0 radical (unpaired) electrons. The number of benzene rings is 2. The van der Waals surface area contributed by atoms with Crippen LogP contribution >= 0.6 is 0 Å². The van der Waals surface area contributed by atoms with E-state index >= 15 is 0 Å². The normalized spacial score (nSPS) is 20.7. The van der Waals surface area contributed by atoms with Crippen LogP contribution in [0, 0.1) is 0 Å². The second kappa shape index (κ2) is 16.1. The Bertz CT molecular complexity index is 1420. The summed E-state index contributed by atoms with van der Waals surface area (Å²) in [5.74, 6) is 2.57. The van der Waals surface area contributed by atoms with Gasteiger partial charge in [0.05, 0.1) is 26.4 Å². The van der Waals surface area contributed by atoms with Crippen LogP contribution in [0.1, 0.15) is 41.9 Å². The Labute approximate surface area is 277 Å². The van der Waals surface area contributed by atoms with Gasteiger partial charge in [0.1, 0.15) is 13.2 Å². The zero-order chi connectivity index (χ0) is 31.0. The highest BCUT2D eigenvalue weighted by atomic mass is 16.6. The van der Waals surface area contributed by atoms with E-state index in [0.717, 1.165) is 76.8 Å². The van der Waals surface area contributed by atoms with Crippen molar-refractivity contribution in [3.05, 3.63) is 107 Å². The van der Waals surface area contributed by atoms with Crippen LogP contribution in [0.4, 0.5) is 0 Å². The fourth-order valence-electron chi connectivity index (χ4n) is 5.86. The van der Waals surface area contributed by atoms with Crippen molar-refractivity contribution in [2.75, 3.05) is 65.8 Å². The molecule has 2 aromatic heterocycles. The average molecular weight is 641 g/mol. The summed E-state index contributed by atoms with van der Waals surface area (Å²) in [5, 5.41) is 0. The summed E-state index contributed by atoms with van der Waals surface area (Å²) in [6.45, 7) is 10.3. The summed E-state index contributed by atoms with van der Waals surface area (Å²) in [6, 6.07) is 24.6. The number of morpholine rings is 2. The summed E-state index contributed by atoms with van der Waals surface area (Å²) in [4.78, 5) is 13.3. The third kappa shape index (κ3) is 8.58. The number of hydrogen-bond acceptors (Lipinski definition) is 10. The number of fused-ring (bicyclic) bond motifs is 2. The Morgan fingerprint density at radius 3 is 1.36 bits per heavy atom. The molecule has 2 unspecified atom stereocenters. The molecule has 2 atom stereocenters. The van der Waals surface area contributed by atoms with Gasteiger partial charge in [0.25, 0.3) is 11.8 Å². The zero-order valence-electron chi connectivity index (χ0n) is 26.0. The van der Waals surface area contributed by atoms with Crippen LogP contribution in [0.25, 0.3) is 0 Å². The third-order valence-corrected chi connectivity index (χ3v) is 8.48. The molecule has 2 aromatic carbocycles. The largest absolute Gasteiger partial charge is 0.484 e. The van der Waals surface area contributed by atoms with Gasteiger partial charge in [-0.05, 0) is 46.5 Å². The number of rotatable bonds is 6. The molecule has 248 valence electrons. The highest BCUT2D eigenvalue weighted by molar-refractivity contribution is 5.37. The van der Waals surface area contributed by atoms with Crippen molar-refractivity contribution in [2.45, 2.75) is 32.7 Å². The van der Waals surface area contributed by atoms with Gasteiger partial charge in [-0.1, -0.05) is 56.0 Å². The average Bonchev–Trinajstić information content (AvgIpc) is 3.13. The van der Waals surface area contributed by atoms with Crippen molar-refractivity contribution >= 4 is 0 Å². The maximum Gasteiger partial charge on any atom is 0.257 e. The molecule has 0 amide bonds. The molecule has 10 nitrogen and oxygen atoms in total. The van der Waals surface area contributed by atoms with Gasteiger partial charge in [0.2, 0.25) is 0 Å². The monoisotopic (exact) mass is 640 g/mol. The first-order valence-corrected chi connectivity index (χ1v) is 16.0. The van der Waals surface area contributed by atoms with Crippen LogP contribution in [0.5, 0.6) is 23.3 Å². The molecular weight excluding hydrogens is 596 g/mol. The first-order chi connectivity index (χ1) is 22.8. The molecule has 0 saturated carbocycles. The Morgan fingerprint density at radius 1 is 0.553 bits per heavy atom. The smallest absolute Gasteiger partial charge is 0.257 e. The Hall–Kier alpha value is -4.22. The van der Waals surface area contributed by atoms with E-state index < -0.39 is 0 Å². The van der Waals surface area contributed by atoms with Gasteiger partial charge in [0, 0.05) is 51.7 Å². The van der Waals surface area contributed by atoms with Gasteiger partial charge < -0.3 is 28.4 Å². The van der Waals surface area contributed by atoms with Crippen molar-refractivity contribution in [3.8, 4) is 23.3 Å². The molecule has 4 aromatic rings. The Morgan fingerprint density at radius 2 is 0.957 bits per heavy atom. The molecule has 0 aliphatic carbocycles. The van der Waals surface area contributed by atoms with E-state index in [-0.39, 0.29) is 19.6 Å². The van der Waals surface area contributed by atoms with Crippen molar-refractivity contribution < 1.29 is 28.4 Å². The molecule has 2 fully saturated rings. The van der Waals surface area contributed by atoms with Crippen LogP contribution in [-0.2, 0) is 22.6 Å². The van der Waals surface area contributed by atoms with Crippen molar-refractivity contribution in [2.24, 2.45) is 0 Å². The molecule has 0 spiro atoms. The van der Waals surface area contributed by atoms with Crippen LogP contribution in [0.2, 0.25) is 0 Å². The molecule has 6 heterocycles. The third-order valence-electron chi connectivity index (χ3n) is 8.48. The number of hydrogen-bond donors (Lipinski definition) is 0. The van der Waals surface area contributed by atoms with E-state index in [2.05, 4.69) is 68.3 Å². The maximum absolute atomic E-state index is 5.94. The Kier molecular flexibility index (Phi) is 11.2. The van der Waals surface area contributed by atoms with E-state index in [1.807, 2.05) is 24.3 Å². The zero-order valence-corrected chi connectivity index (χ0v) is 26.0. The lowest BCUT2D eigenvalue weighted by atomic mass is 10.1. The van der Waals surface area contributed by atoms with Gasteiger partial charge in [-0.2, -0.15) is 0 Å². The quantitative estimate of drug-likeness (QED) is 0.270. The maximum atomic E-state index is 5.94. The van der Waals surface area contributed by atoms with Crippen LogP contribution in [0.3, 0.4) is 0 Å². The van der Waals surface area contributed by atoms with Crippen LogP contribution in [-0.4, -0.2) is 85.6 Å². The molecule has 10 heteroatoms. The van der Waals surface area contributed by atoms with Gasteiger partial charge in [-0.25, -0.2) is 9.97 Å². The molecule has 4 aliphatic rings. The van der Waals surface area contributed by atoms with E-state index in [1.165, 1.54) is 11.1 Å². The molecule has 2 saturated heterocycles. The minimum Gasteiger partial charge on any atom is -0.484 e. The minimum atomic E-state index is -0.102. The van der Waals surface area contributed by atoms with E-state index in [0.29, 0.717) is 36.5 Å². The second-order valence-corrected chi connectivity index (χ2v) is 11.7. The van der Waals surface area contributed by atoms with Crippen molar-refractivity contribution in [1.82, 2.24) is 19.8 Å². The summed E-state index contributed by atoms with van der Waals surface area (Å²) >= 11 is 0. The van der Waals surface area contributed by atoms with E-state index in [9.17, 15) is 0 Å². The van der Waals surface area contributed by atoms with Gasteiger partial charge in [-0.3, -0.25) is 9.80 Å². The first-order valence-electron chi connectivity index (χ1n) is 16.0. The molecular formula is C37H44N4O6. The van der Waals surface area contributed by atoms with Crippen LogP contribution in [0.15, 0.2) is 85.2 Å². The second-order valence-electron chi connectivity index (χ2n) is 11.7. The minimum absolute atomic E-state index is 0. The molecule has 8 rings (SSSR count). The number of pyridine rings is 2. The predicted molar refractivity (Wildman–Crippen MR) is 178 cm³/mol. The SMILES string of the molecule is C.c1cnc2c(c1)OCC(c1ccc(CN3CCOCC3)cc1)O2.c1cnc2c(c1)OCC(c1ccc(CN3CCOCC3)cc1)O2. The highest BCUT2D eigenvalue weighted by Crippen LogP contribution is 2.35. The van der Waals surface area contributed by atoms with Crippen LogP contribution < -0.4 is 18.9 Å². The van der Waals surface area contributed by atoms with Crippen molar-refractivity contribution in [3.63, 3.8) is 0 Å². The van der Waals surface area contributed by atoms with Gasteiger partial charge in [0.15, 0.2) is 23.7 Å². The molecule has 0 bridgehead atoms. The molecule has 47 heavy (non-hydrogen) atoms. The lowest BCUT2D eigenvalue weighted by molar-refractivity contribution is 0.0341. The summed E-state index contributed by atoms with van der Waals surface area (Å²) in [6.07, 6.45) is 3.23. The molecule has 4 aliphatic heterocycles. The lowest BCUT2D eigenvalue weighted by Gasteiger charge is -2.27. The Balaban J connectivity index is 0.000000161. The highest BCUT2D eigenvalue weighted by Gasteiger charge is 2.24. The fraction of sp³-hybridized carbons (Fsp3) is 0.405. The van der Waals surface area contributed by atoms with E-state index in [4.69, 9.17) is 28.4 Å². The summed E-state index contributed by atoms with van der Waals surface area (Å²) < 4.78 is 34.1. The number of aromatic nitrogens is 2. The standard InChI is InChI=1S/2C18H20N2O3.CH4/c2*1-2-16-18(19-7-1)23-17(13-22-16)15-5-3-14(4-6-15)12-20-8-10-21-11-9-20;/h2*1-7,17H,8-13H2;1H4. The molecule has 0 N–H and O–H groups in total. The summed E-state index contributed by atoms with van der Waals surface area (Å²) in [7, 11) is 0. The summed E-state index contributed by atoms with van der Waals surface area (Å²) in [5.41, 5.74) is 4.86. The van der Waals surface area contributed by atoms with Gasteiger partial charge in [-0.15, -0.1) is 0 Å². The first kappa shape index (κ1) is 32.7. The topological polar surface area (TPSA) is 87.6 Å².